The Morgan fingerprint density at radius 3 is 2.67 bits per heavy atom. The largest absolute Gasteiger partial charge is 0.493 e. The van der Waals surface area contributed by atoms with Crippen LogP contribution in [-0.2, 0) is 6.61 Å². The molecule has 2 aromatic carbocycles. The van der Waals surface area contributed by atoms with Crippen LogP contribution in [-0.4, -0.2) is 24.1 Å². The van der Waals surface area contributed by atoms with E-state index in [0.717, 1.165) is 16.1 Å². The first-order chi connectivity index (χ1) is 13.0. The van der Waals surface area contributed by atoms with E-state index >= 15 is 0 Å². The van der Waals surface area contributed by atoms with Crippen LogP contribution in [0.25, 0.3) is 10.6 Å². The molecule has 0 aliphatic rings. The van der Waals surface area contributed by atoms with Crippen molar-refractivity contribution in [2.24, 2.45) is 0 Å². The number of ether oxygens (including phenoxy) is 3. The van der Waals surface area contributed by atoms with Crippen molar-refractivity contribution in [1.82, 2.24) is 4.98 Å². The molecule has 0 saturated carbocycles. The SMILES string of the molecule is COc1cccc(-c2nc(COc3cc(C)ccc3[N+](=O)[O-])cs2)c1OC. The minimum atomic E-state index is -0.456. The zero-order valence-corrected chi connectivity index (χ0v) is 15.9. The van der Waals surface area contributed by atoms with Gasteiger partial charge in [0.2, 0.25) is 0 Å². The Morgan fingerprint density at radius 2 is 1.96 bits per heavy atom. The van der Waals surface area contributed by atoms with Gasteiger partial charge in [0.15, 0.2) is 17.2 Å². The van der Waals surface area contributed by atoms with Crippen molar-refractivity contribution in [2.45, 2.75) is 13.5 Å². The van der Waals surface area contributed by atoms with Gasteiger partial charge >= 0.3 is 5.69 Å². The zero-order chi connectivity index (χ0) is 19.4. The lowest BCUT2D eigenvalue weighted by Gasteiger charge is -2.10. The molecule has 0 radical (unpaired) electrons. The summed E-state index contributed by atoms with van der Waals surface area (Å²) in [7, 11) is 3.16. The summed E-state index contributed by atoms with van der Waals surface area (Å²) in [6.07, 6.45) is 0. The van der Waals surface area contributed by atoms with Crippen molar-refractivity contribution in [3.63, 3.8) is 0 Å². The molecular weight excluding hydrogens is 368 g/mol. The van der Waals surface area contributed by atoms with Gasteiger partial charge in [0.05, 0.1) is 30.4 Å². The standard InChI is InChI=1S/C19H18N2O5S/c1-12-7-8-15(21(22)23)17(9-12)26-10-13-11-27-19(20-13)14-5-4-6-16(24-2)18(14)25-3/h4-9,11H,10H2,1-3H3. The Morgan fingerprint density at radius 1 is 1.15 bits per heavy atom. The molecule has 3 rings (SSSR count). The summed E-state index contributed by atoms with van der Waals surface area (Å²) < 4.78 is 16.4. The van der Waals surface area contributed by atoms with Crippen LogP contribution in [0.3, 0.4) is 0 Å². The van der Waals surface area contributed by atoms with Crippen LogP contribution in [0.4, 0.5) is 5.69 Å². The van der Waals surface area contributed by atoms with E-state index in [9.17, 15) is 10.1 Å². The average Bonchev–Trinajstić information content (AvgIpc) is 3.14. The minimum Gasteiger partial charge on any atom is -0.493 e. The monoisotopic (exact) mass is 386 g/mol. The fraction of sp³-hybridized carbons (Fsp3) is 0.211. The van der Waals surface area contributed by atoms with E-state index in [1.807, 2.05) is 30.5 Å². The molecule has 0 unspecified atom stereocenters. The van der Waals surface area contributed by atoms with Gasteiger partial charge < -0.3 is 14.2 Å². The molecule has 0 bridgehead atoms. The van der Waals surface area contributed by atoms with Crippen LogP contribution in [0, 0.1) is 17.0 Å². The summed E-state index contributed by atoms with van der Waals surface area (Å²) in [5.74, 6) is 1.46. The Bertz CT molecular complexity index is 970. The third-order valence-electron chi connectivity index (χ3n) is 3.87. The Labute approximate surface area is 160 Å². The number of hydrogen-bond donors (Lipinski definition) is 0. The maximum atomic E-state index is 11.2. The molecular formula is C19H18N2O5S. The normalized spacial score (nSPS) is 10.5. The summed E-state index contributed by atoms with van der Waals surface area (Å²) in [5, 5.41) is 13.8. The first kappa shape index (κ1) is 18.7. The average molecular weight is 386 g/mol. The van der Waals surface area contributed by atoms with Crippen molar-refractivity contribution < 1.29 is 19.1 Å². The number of nitro benzene ring substituents is 1. The van der Waals surface area contributed by atoms with Gasteiger partial charge in [-0.05, 0) is 30.7 Å². The second-order valence-electron chi connectivity index (χ2n) is 5.70. The zero-order valence-electron chi connectivity index (χ0n) is 15.1. The third kappa shape index (κ3) is 4.01. The molecule has 8 heteroatoms. The number of nitro groups is 1. The molecule has 0 atom stereocenters. The minimum absolute atomic E-state index is 0.0643. The molecule has 140 valence electrons. The lowest BCUT2D eigenvalue weighted by atomic mass is 10.2. The molecule has 27 heavy (non-hydrogen) atoms. The van der Waals surface area contributed by atoms with Gasteiger partial charge in [-0.2, -0.15) is 0 Å². The molecule has 0 saturated heterocycles. The summed E-state index contributed by atoms with van der Waals surface area (Å²) in [6.45, 7) is 1.99. The van der Waals surface area contributed by atoms with Crippen molar-refractivity contribution in [3.8, 4) is 27.8 Å². The van der Waals surface area contributed by atoms with Crippen LogP contribution in [0.5, 0.6) is 17.2 Å². The van der Waals surface area contributed by atoms with Gasteiger partial charge in [-0.1, -0.05) is 12.1 Å². The van der Waals surface area contributed by atoms with Gasteiger partial charge in [0.25, 0.3) is 0 Å². The smallest absolute Gasteiger partial charge is 0.310 e. The Hall–Kier alpha value is -3.13. The molecule has 7 nitrogen and oxygen atoms in total. The van der Waals surface area contributed by atoms with Gasteiger partial charge in [0, 0.05) is 11.4 Å². The van der Waals surface area contributed by atoms with E-state index in [-0.39, 0.29) is 18.0 Å². The van der Waals surface area contributed by atoms with Crippen molar-refractivity contribution in [3.05, 3.63) is 63.1 Å². The second kappa shape index (κ2) is 8.05. The topological polar surface area (TPSA) is 83.7 Å². The van der Waals surface area contributed by atoms with E-state index in [1.54, 1.807) is 26.4 Å². The molecule has 1 heterocycles. The fourth-order valence-electron chi connectivity index (χ4n) is 2.59. The highest BCUT2D eigenvalue weighted by Gasteiger charge is 2.17. The van der Waals surface area contributed by atoms with Crippen LogP contribution in [0.2, 0.25) is 0 Å². The number of rotatable bonds is 7. The number of aryl methyl sites for hydroxylation is 1. The van der Waals surface area contributed by atoms with Crippen molar-refractivity contribution in [1.29, 1.82) is 0 Å². The van der Waals surface area contributed by atoms with E-state index in [4.69, 9.17) is 14.2 Å². The molecule has 0 spiro atoms. The van der Waals surface area contributed by atoms with Gasteiger partial charge in [-0.25, -0.2) is 4.98 Å². The maximum absolute atomic E-state index is 11.2. The number of thiazole rings is 1. The Balaban J connectivity index is 1.82. The van der Waals surface area contributed by atoms with Crippen LogP contribution in [0.1, 0.15) is 11.3 Å². The fourth-order valence-corrected chi connectivity index (χ4v) is 3.42. The molecule has 0 aliphatic carbocycles. The number of para-hydroxylation sites is 1. The highest BCUT2D eigenvalue weighted by Crippen LogP contribution is 2.39. The van der Waals surface area contributed by atoms with Crippen LogP contribution >= 0.6 is 11.3 Å². The number of nitrogens with zero attached hydrogens (tertiary/aromatic N) is 2. The molecule has 0 amide bonds. The molecule has 1 aromatic heterocycles. The predicted octanol–water partition coefficient (Wildman–Crippen LogP) is 4.62. The lowest BCUT2D eigenvalue weighted by molar-refractivity contribution is -0.386. The van der Waals surface area contributed by atoms with E-state index in [2.05, 4.69) is 4.98 Å². The first-order valence-electron chi connectivity index (χ1n) is 8.07. The van der Waals surface area contributed by atoms with Crippen molar-refractivity contribution in [2.75, 3.05) is 14.2 Å². The molecule has 3 aromatic rings. The summed E-state index contributed by atoms with van der Waals surface area (Å²) in [5.41, 5.74) is 2.31. The highest BCUT2D eigenvalue weighted by atomic mass is 32.1. The molecule has 0 fully saturated rings. The molecule has 0 aliphatic heterocycles. The maximum Gasteiger partial charge on any atom is 0.310 e. The summed E-state index contributed by atoms with van der Waals surface area (Å²) >= 11 is 1.44. The number of hydrogen-bond acceptors (Lipinski definition) is 7. The number of methoxy groups -OCH3 is 2. The number of benzene rings is 2. The van der Waals surface area contributed by atoms with Gasteiger partial charge in [0.1, 0.15) is 11.6 Å². The predicted molar refractivity (Wildman–Crippen MR) is 103 cm³/mol. The summed E-state index contributed by atoms with van der Waals surface area (Å²) in [6, 6.07) is 10.4. The molecule has 0 N–H and O–H groups in total. The quantitative estimate of drug-likeness (QED) is 0.435. The first-order valence-corrected chi connectivity index (χ1v) is 8.95. The lowest BCUT2D eigenvalue weighted by Crippen LogP contribution is -2.00. The van der Waals surface area contributed by atoms with E-state index < -0.39 is 4.92 Å². The van der Waals surface area contributed by atoms with E-state index in [1.165, 1.54) is 17.4 Å². The highest BCUT2D eigenvalue weighted by molar-refractivity contribution is 7.13. The number of aromatic nitrogens is 1. The second-order valence-corrected chi connectivity index (χ2v) is 6.56. The third-order valence-corrected chi connectivity index (χ3v) is 4.80. The van der Waals surface area contributed by atoms with Crippen LogP contribution < -0.4 is 14.2 Å². The van der Waals surface area contributed by atoms with Gasteiger partial charge in [-0.3, -0.25) is 10.1 Å². The Kier molecular flexibility index (Phi) is 5.56. The van der Waals surface area contributed by atoms with Gasteiger partial charge in [-0.15, -0.1) is 11.3 Å². The summed E-state index contributed by atoms with van der Waals surface area (Å²) in [4.78, 5) is 15.3. The van der Waals surface area contributed by atoms with E-state index in [0.29, 0.717) is 17.2 Å². The van der Waals surface area contributed by atoms with Crippen molar-refractivity contribution >= 4 is 17.0 Å². The van der Waals surface area contributed by atoms with Crippen LogP contribution in [0.15, 0.2) is 41.8 Å².